The minimum Gasteiger partial charge on any atom is -0.465 e. The number of esters is 1. The highest BCUT2D eigenvalue weighted by molar-refractivity contribution is 7.98. The summed E-state index contributed by atoms with van der Waals surface area (Å²) in [6, 6.07) is -0.836. The normalized spacial score (nSPS) is 11.0. The highest BCUT2D eigenvalue weighted by Crippen LogP contribution is 2.01. The van der Waals surface area contributed by atoms with Gasteiger partial charge in [-0.3, -0.25) is 24.0 Å². The van der Waals surface area contributed by atoms with E-state index in [1.54, 1.807) is 6.92 Å². The Morgan fingerprint density at radius 1 is 0.962 bits per heavy atom. The van der Waals surface area contributed by atoms with Crippen LogP contribution in [0.5, 0.6) is 0 Å². The van der Waals surface area contributed by atoms with E-state index in [0.29, 0.717) is 12.2 Å². The first-order valence-corrected chi connectivity index (χ1v) is 9.42. The second-order valence-corrected chi connectivity index (χ2v) is 6.10. The van der Waals surface area contributed by atoms with Gasteiger partial charge in [-0.15, -0.1) is 0 Å². The van der Waals surface area contributed by atoms with Crippen molar-refractivity contribution in [3.05, 3.63) is 0 Å². The molecule has 26 heavy (non-hydrogen) atoms. The summed E-state index contributed by atoms with van der Waals surface area (Å²) in [7, 11) is 0. The number of thioether (sulfide) groups is 1. The third-order valence-corrected chi connectivity index (χ3v) is 3.56. The molecule has 0 aliphatic heterocycles. The van der Waals surface area contributed by atoms with Gasteiger partial charge in [-0.1, -0.05) is 0 Å². The van der Waals surface area contributed by atoms with E-state index in [9.17, 15) is 24.0 Å². The van der Waals surface area contributed by atoms with Crippen molar-refractivity contribution >= 4 is 41.4 Å². The molecule has 0 spiro atoms. The van der Waals surface area contributed by atoms with Crippen LogP contribution < -0.4 is 21.3 Å². The van der Waals surface area contributed by atoms with Crippen molar-refractivity contribution in [2.24, 2.45) is 0 Å². The van der Waals surface area contributed by atoms with E-state index >= 15 is 0 Å². The van der Waals surface area contributed by atoms with Crippen molar-refractivity contribution in [3.8, 4) is 0 Å². The first-order valence-electron chi connectivity index (χ1n) is 8.02. The van der Waals surface area contributed by atoms with Crippen LogP contribution in [0.1, 0.15) is 20.3 Å². The van der Waals surface area contributed by atoms with Crippen LogP contribution in [0.15, 0.2) is 0 Å². The maximum atomic E-state index is 12.1. The van der Waals surface area contributed by atoms with Crippen LogP contribution in [0, 0.1) is 0 Å². The zero-order valence-corrected chi connectivity index (χ0v) is 16.0. The predicted molar refractivity (Wildman–Crippen MR) is 96.3 cm³/mol. The summed E-state index contributed by atoms with van der Waals surface area (Å²) in [4.78, 5) is 57.5. The number of hydrogen-bond donors (Lipinski definition) is 4. The lowest BCUT2D eigenvalue weighted by Crippen LogP contribution is -2.51. The third kappa shape index (κ3) is 12.1. The van der Waals surface area contributed by atoms with E-state index in [1.165, 1.54) is 18.7 Å². The van der Waals surface area contributed by atoms with E-state index < -0.39 is 29.7 Å². The summed E-state index contributed by atoms with van der Waals surface area (Å²) in [5.74, 6) is -1.90. The smallest absolute Gasteiger partial charge is 0.325 e. The fourth-order valence-corrected chi connectivity index (χ4v) is 2.16. The number of amides is 4. The Kier molecular flexibility index (Phi) is 12.7. The van der Waals surface area contributed by atoms with E-state index in [1.807, 2.05) is 6.26 Å². The van der Waals surface area contributed by atoms with E-state index in [0.717, 1.165) is 0 Å². The van der Waals surface area contributed by atoms with Crippen molar-refractivity contribution in [2.45, 2.75) is 26.3 Å². The Morgan fingerprint density at radius 2 is 1.62 bits per heavy atom. The Hall–Kier alpha value is -2.30. The number of rotatable bonds is 12. The molecule has 0 bridgehead atoms. The summed E-state index contributed by atoms with van der Waals surface area (Å²) >= 11 is 1.50. The van der Waals surface area contributed by atoms with Crippen LogP contribution in [0.3, 0.4) is 0 Å². The molecule has 0 heterocycles. The van der Waals surface area contributed by atoms with Crippen LogP contribution in [0.25, 0.3) is 0 Å². The molecule has 148 valence electrons. The molecule has 0 aliphatic carbocycles. The topological polar surface area (TPSA) is 143 Å². The molecular weight excluding hydrogens is 364 g/mol. The molecule has 4 N–H and O–H groups in total. The molecule has 0 radical (unpaired) electrons. The van der Waals surface area contributed by atoms with Gasteiger partial charge in [0.25, 0.3) is 0 Å². The van der Waals surface area contributed by atoms with Crippen LogP contribution in [0.4, 0.5) is 0 Å². The Morgan fingerprint density at radius 3 is 2.19 bits per heavy atom. The van der Waals surface area contributed by atoms with E-state index in [-0.39, 0.29) is 32.1 Å². The minimum atomic E-state index is -0.836. The number of ether oxygens (including phenoxy) is 1. The third-order valence-electron chi connectivity index (χ3n) is 2.92. The van der Waals surface area contributed by atoms with Crippen LogP contribution in [-0.4, -0.2) is 73.9 Å². The van der Waals surface area contributed by atoms with Crippen molar-refractivity contribution in [3.63, 3.8) is 0 Å². The van der Waals surface area contributed by atoms with Gasteiger partial charge in [0.15, 0.2) is 0 Å². The summed E-state index contributed by atoms with van der Waals surface area (Å²) in [5, 5.41) is 9.54. The van der Waals surface area contributed by atoms with Crippen molar-refractivity contribution in [1.29, 1.82) is 0 Å². The highest BCUT2D eigenvalue weighted by Gasteiger charge is 2.21. The zero-order valence-electron chi connectivity index (χ0n) is 15.2. The summed E-state index contributed by atoms with van der Waals surface area (Å²) in [6.07, 6.45) is 2.22. The lowest BCUT2D eigenvalue weighted by Gasteiger charge is -2.18. The highest BCUT2D eigenvalue weighted by atomic mass is 32.2. The zero-order chi connectivity index (χ0) is 19.9. The van der Waals surface area contributed by atoms with Gasteiger partial charge in [-0.2, -0.15) is 11.8 Å². The molecule has 0 saturated carbocycles. The lowest BCUT2D eigenvalue weighted by molar-refractivity contribution is -0.143. The molecule has 0 aromatic rings. The molecule has 4 amide bonds. The summed E-state index contributed by atoms with van der Waals surface area (Å²) in [6.45, 7) is 2.27. The average molecular weight is 390 g/mol. The van der Waals surface area contributed by atoms with Gasteiger partial charge >= 0.3 is 5.97 Å². The maximum Gasteiger partial charge on any atom is 0.325 e. The van der Waals surface area contributed by atoms with Crippen LogP contribution in [-0.2, 0) is 28.7 Å². The Bertz CT molecular complexity index is 514. The van der Waals surface area contributed by atoms with Crippen molar-refractivity contribution in [1.82, 2.24) is 21.3 Å². The SMILES string of the molecule is CCOC(=O)CNC(=O)[C@H](CCSC)NC(=O)CNC(=O)CNC(C)=O. The molecule has 0 fully saturated rings. The molecule has 0 rings (SSSR count). The molecule has 0 unspecified atom stereocenters. The summed E-state index contributed by atoms with van der Waals surface area (Å²) in [5.41, 5.74) is 0. The van der Waals surface area contributed by atoms with Crippen molar-refractivity contribution in [2.75, 3.05) is 38.2 Å². The van der Waals surface area contributed by atoms with Gasteiger partial charge in [-0.05, 0) is 25.4 Å². The quantitative estimate of drug-likeness (QED) is 0.287. The monoisotopic (exact) mass is 390 g/mol. The number of carbonyl (C=O) groups is 5. The Balaban J connectivity index is 4.42. The van der Waals surface area contributed by atoms with Gasteiger partial charge < -0.3 is 26.0 Å². The van der Waals surface area contributed by atoms with Gasteiger partial charge in [0, 0.05) is 6.92 Å². The predicted octanol–water partition coefficient (Wildman–Crippen LogP) is -1.84. The minimum absolute atomic E-state index is 0.208. The fraction of sp³-hybridized carbons (Fsp3) is 0.667. The molecule has 0 aromatic heterocycles. The van der Waals surface area contributed by atoms with Gasteiger partial charge in [-0.25, -0.2) is 0 Å². The maximum absolute atomic E-state index is 12.1. The first-order chi connectivity index (χ1) is 12.3. The number of nitrogens with one attached hydrogen (secondary N) is 4. The fourth-order valence-electron chi connectivity index (χ4n) is 1.69. The van der Waals surface area contributed by atoms with Gasteiger partial charge in [0.05, 0.1) is 19.7 Å². The molecule has 11 heteroatoms. The van der Waals surface area contributed by atoms with E-state index in [4.69, 9.17) is 4.74 Å². The van der Waals surface area contributed by atoms with Crippen LogP contribution >= 0.6 is 11.8 Å². The van der Waals surface area contributed by atoms with E-state index in [2.05, 4.69) is 21.3 Å². The molecular formula is C15H26N4O6S. The van der Waals surface area contributed by atoms with Crippen molar-refractivity contribution < 1.29 is 28.7 Å². The Labute approximate surface area is 156 Å². The molecule has 0 aromatic carbocycles. The second-order valence-electron chi connectivity index (χ2n) is 5.11. The first kappa shape index (κ1) is 23.7. The molecule has 1 atom stereocenters. The summed E-state index contributed by atoms with van der Waals surface area (Å²) < 4.78 is 4.72. The largest absolute Gasteiger partial charge is 0.465 e. The van der Waals surface area contributed by atoms with Gasteiger partial charge in [0.2, 0.25) is 23.6 Å². The number of hydrogen-bond acceptors (Lipinski definition) is 7. The van der Waals surface area contributed by atoms with Crippen LogP contribution in [0.2, 0.25) is 0 Å². The molecule has 10 nitrogen and oxygen atoms in total. The van der Waals surface area contributed by atoms with Gasteiger partial charge in [0.1, 0.15) is 12.6 Å². The molecule has 0 aliphatic rings. The average Bonchev–Trinajstić information content (AvgIpc) is 2.59. The lowest BCUT2D eigenvalue weighted by atomic mass is 10.2. The second kappa shape index (κ2) is 13.9. The standard InChI is InChI=1S/C15H26N4O6S/c1-4-25-14(23)9-18-15(24)11(5-6-26-3)19-13(22)8-17-12(21)7-16-10(2)20/h11H,4-9H2,1-3H3,(H,16,20)(H,17,21)(H,18,24)(H,19,22)/t11-/m0/s1. The molecule has 0 saturated heterocycles. The number of carbonyl (C=O) groups excluding carboxylic acids is 5.